The van der Waals surface area contributed by atoms with Gasteiger partial charge in [0.15, 0.2) is 6.10 Å². The highest BCUT2D eigenvalue weighted by Crippen LogP contribution is 2.31. The Balaban J connectivity index is 1.98. The zero-order valence-electron chi connectivity index (χ0n) is 14.0. The number of esters is 1. The number of carbonyl (C=O) groups is 2. The number of fused-ring (bicyclic) bond motifs is 3. The van der Waals surface area contributed by atoms with E-state index < -0.39 is 12.1 Å². The SMILES string of the molecule is CCn1c2ccccc2c2cc(NC(=O)[C@@H](C)OC(C)=O)ccc21. The zero-order chi connectivity index (χ0) is 17.3. The fourth-order valence-electron chi connectivity index (χ4n) is 3.02. The van der Waals surface area contributed by atoms with Crippen LogP contribution >= 0.6 is 0 Å². The van der Waals surface area contributed by atoms with Crippen LogP contribution in [0.15, 0.2) is 42.5 Å². The molecule has 0 aliphatic rings. The maximum atomic E-state index is 12.1. The Hall–Kier alpha value is -2.82. The summed E-state index contributed by atoms with van der Waals surface area (Å²) in [6.45, 7) is 5.83. The number of nitrogens with zero attached hydrogens (tertiary/aromatic N) is 1. The molecule has 0 unspecified atom stereocenters. The number of anilines is 1. The summed E-state index contributed by atoms with van der Waals surface area (Å²) in [4.78, 5) is 23.1. The van der Waals surface area contributed by atoms with Crippen molar-refractivity contribution >= 4 is 39.4 Å². The summed E-state index contributed by atoms with van der Waals surface area (Å²) in [5.41, 5.74) is 2.99. The molecule has 5 nitrogen and oxygen atoms in total. The van der Waals surface area contributed by atoms with Gasteiger partial charge in [-0.3, -0.25) is 9.59 Å². The van der Waals surface area contributed by atoms with Gasteiger partial charge in [-0.2, -0.15) is 0 Å². The Bertz CT molecular complexity index is 927. The van der Waals surface area contributed by atoms with Crippen LogP contribution in [-0.2, 0) is 20.9 Å². The van der Waals surface area contributed by atoms with E-state index in [2.05, 4.69) is 28.9 Å². The van der Waals surface area contributed by atoms with Gasteiger partial charge in [-0.1, -0.05) is 18.2 Å². The molecule has 0 aliphatic carbocycles. The smallest absolute Gasteiger partial charge is 0.303 e. The second kappa shape index (κ2) is 6.35. The highest BCUT2D eigenvalue weighted by molar-refractivity contribution is 6.10. The number of carbonyl (C=O) groups excluding carboxylic acids is 2. The molecule has 1 atom stereocenters. The van der Waals surface area contributed by atoms with Gasteiger partial charge in [0.25, 0.3) is 5.91 Å². The van der Waals surface area contributed by atoms with Crippen LogP contribution in [0.1, 0.15) is 20.8 Å². The standard InChI is InChI=1S/C19H20N2O3/c1-4-21-17-8-6-5-7-15(17)16-11-14(9-10-18(16)21)20-19(23)12(2)24-13(3)22/h5-12H,4H2,1-3H3,(H,20,23)/t12-/m1/s1. The van der Waals surface area contributed by atoms with Crippen LogP contribution in [0.3, 0.4) is 0 Å². The topological polar surface area (TPSA) is 60.3 Å². The maximum Gasteiger partial charge on any atom is 0.303 e. The summed E-state index contributed by atoms with van der Waals surface area (Å²) in [5.74, 6) is -0.817. The van der Waals surface area contributed by atoms with Gasteiger partial charge in [-0.05, 0) is 38.1 Å². The first kappa shape index (κ1) is 16.1. The molecule has 0 saturated carbocycles. The quantitative estimate of drug-likeness (QED) is 0.744. The number of hydrogen-bond donors (Lipinski definition) is 1. The van der Waals surface area contributed by atoms with Crippen molar-refractivity contribution in [3.63, 3.8) is 0 Å². The lowest BCUT2D eigenvalue weighted by atomic mass is 10.1. The molecule has 0 fully saturated rings. The minimum atomic E-state index is -0.824. The van der Waals surface area contributed by atoms with E-state index in [4.69, 9.17) is 4.74 Å². The number of nitrogens with one attached hydrogen (secondary N) is 1. The number of rotatable bonds is 4. The predicted octanol–water partition coefficient (Wildman–Crippen LogP) is 3.70. The number of para-hydroxylation sites is 1. The summed E-state index contributed by atoms with van der Waals surface area (Å²) >= 11 is 0. The third kappa shape index (κ3) is 2.85. The Morgan fingerprint density at radius 3 is 2.54 bits per heavy atom. The van der Waals surface area contributed by atoms with Gasteiger partial charge in [-0.15, -0.1) is 0 Å². The van der Waals surface area contributed by atoms with E-state index in [1.165, 1.54) is 12.4 Å². The molecule has 1 N–H and O–H groups in total. The van der Waals surface area contributed by atoms with E-state index in [0.717, 1.165) is 22.8 Å². The number of benzene rings is 2. The van der Waals surface area contributed by atoms with Crippen molar-refractivity contribution in [3.05, 3.63) is 42.5 Å². The molecule has 1 amide bonds. The van der Waals surface area contributed by atoms with Crippen molar-refractivity contribution in [1.29, 1.82) is 0 Å². The molecule has 124 valence electrons. The number of hydrogen-bond acceptors (Lipinski definition) is 3. The number of amides is 1. The van der Waals surface area contributed by atoms with Crippen LogP contribution in [0.4, 0.5) is 5.69 Å². The van der Waals surface area contributed by atoms with Crippen LogP contribution in [0.5, 0.6) is 0 Å². The number of ether oxygens (including phenoxy) is 1. The molecule has 24 heavy (non-hydrogen) atoms. The molecule has 0 bridgehead atoms. The first-order valence-electron chi connectivity index (χ1n) is 8.00. The van der Waals surface area contributed by atoms with Crippen molar-refractivity contribution in [3.8, 4) is 0 Å². The Labute approximate surface area is 140 Å². The normalized spacial score (nSPS) is 12.3. The largest absolute Gasteiger partial charge is 0.453 e. The first-order valence-corrected chi connectivity index (χ1v) is 8.00. The van der Waals surface area contributed by atoms with Crippen molar-refractivity contribution in [2.24, 2.45) is 0 Å². The first-order chi connectivity index (χ1) is 11.5. The minimum absolute atomic E-state index is 0.344. The maximum absolute atomic E-state index is 12.1. The predicted molar refractivity (Wildman–Crippen MR) is 95.0 cm³/mol. The lowest BCUT2D eigenvalue weighted by Gasteiger charge is -2.12. The van der Waals surface area contributed by atoms with Gasteiger partial charge < -0.3 is 14.6 Å². The van der Waals surface area contributed by atoms with E-state index in [1.54, 1.807) is 6.92 Å². The van der Waals surface area contributed by atoms with E-state index in [9.17, 15) is 9.59 Å². The fraction of sp³-hybridized carbons (Fsp3) is 0.263. The van der Waals surface area contributed by atoms with Gasteiger partial charge in [0.05, 0.1) is 0 Å². The van der Waals surface area contributed by atoms with E-state index in [1.807, 2.05) is 30.3 Å². The molecule has 5 heteroatoms. The van der Waals surface area contributed by atoms with Crippen LogP contribution < -0.4 is 5.32 Å². The van der Waals surface area contributed by atoms with Crippen LogP contribution in [-0.4, -0.2) is 22.5 Å². The van der Waals surface area contributed by atoms with Gasteiger partial charge in [-0.25, -0.2) is 0 Å². The van der Waals surface area contributed by atoms with Gasteiger partial charge >= 0.3 is 5.97 Å². The number of aryl methyl sites for hydroxylation is 1. The third-order valence-electron chi connectivity index (χ3n) is 4.07. The molecular weight excluding hydrogens is 304 g/mol. The van der Waals surface area contributed by atoms with E-state index in [0.29, 0.717) is 5.69 Å². The molecule has 0 radical (unpaired) electrons. The van der Waals surface area contributed by atoms with Gasteiger partial charge in [0, 0.05) is 41.0 Å². The highest BCUT2D eigenvalue weighted by atomic mass is 16.5. The Kier molecular flexibility index (Phi) is 4.25. The molecule has 0 aliphatic heterocycles. The van der Waals surface area contributed by atoms with Crippen LogP contribution in [0, 0.1) is 0 Å². The average Bonchev–Trinajstić information content (AvgIpc) is 2.87. The summed E-state index contributed by atoms with van der Waals surface area (Å²) < 4.78 is 7.16. The monoisotopic (exact) mass is 324 g/mol. The minimum Gasteiger partial charge on any atom is -0.453 e. The lowest BCUT2D eigenvalue weighted by Crippen LogP contribution is -2.29. The Morgan fingerprint density at radius 2 is 1.83 bits per heavy atom. The molecule has 3 rings (SSSR count). The van der Waals surface area contributed by atoms with Crippen molar-refractivity contribution in [2.45, 2.75) is 33.4 Å². The molecule has 0 spiro atoms. The van der Waals surface area contributed by atoms with Crippen LogP contribution in [0.25, 0.3) is 21.8 Å². The van der Waals surface area contributed by atoms with Crippen molar-refractivity contribution in [1.82, 2.24) is 4.57 Å². The van der Waals surface area contributed by atoms with Crippen LogP contribution in [0.2, 0.25) is 0 Å². The average molecular weight is 324 g/mol. The third-order valence-corrected chi connectivity index (χ3v) is 4.07. The summed E-state index contributed by atoms with van der Waals surface area (Å²) in [7, 11) is 0. The molecule has 1 heterocycles. The molecular formula is C19H20N2O3. The second-order valence-corrected chi connectivity index (χ2v) is 5.73. The molecule has 3 aromatic rings. The van der Waals surface area contributed by atoms with Crippen molar-refractivity contribution in [2.75, 3.05) is 5.32 Å². The van der Waals surface area contributed by atoms with E-state index in [-0.39, 0.29) is 5.91 Å². The van der Waals surface area contributed by atoms with E-state index >= 15 is 0 Å². The van der Waals surface area contributed by atoms with Crippen molar-refractivity contribution < 1.29 is 14.3 Å². The lowest BCUT2D eigenvalue weighted by molar-refractivity contribution is -0.150. The highest BCUT2D eigenvalue weighted by Gasteiger charge is 2.16. The van der Waals surface area contributed by atoms with Gasteiger partial charge in [0.1, 0.15) is 0 Å². The summed E-state index contributed by atoms with van der Waals surface area (Å²) in [6.07, 6.45) is -0.824. The number of aromatic nitrogens is 1. The summed E-state index contributed by atoms with van der Waals surface area (Å²) in [5, 5.41) is 5.05. The fourth-order valence-corrected chi connectivity index (χ4v) is 3.02. The Morgan fingerprint density at radius 1 is 1.12 bits per heavy atom. The zero-order valence-corrected chi connectivity index (χ0v) is 14.0. The molecule has 1 aromatic heterocycles. The molecule has 0 saturated heterocycles. The second-order valence-electron chi connectivity index (χ2n) is 5.73. The van der Waals surface area contributed by atoms with Gasteiger partial charge in [0.2, 0.25) is 0 Å². The molecule has 2 aromatic carbocycles. The summed E-state index contributed by atoms with van der Waals surface area (Å²) in [6, 6.07) is 14.0.